The third kappa shape index (κ3) is 3.84. The molecule has 1 atom stereocenters. The minimum Gasteiger partial charge on any atom is -0.486 e. The van der Waals surface area contributed by atoms with Crippen molar-refractivity contribution in [2.24, 2.45) is 0 Å². The Bertz CT molecular complexity index is 920. The van der Waals surface area contributed by atoms with Crippen LogP contribution in [0.3, 0.4) is 0 Å². The maximum atomic E-state index is 12.3. The monoisotopic (exact) mass is 375 g/mol. The zero-order valence-corrected chi connectivity index (χ0v) is 15.5. The SMILES string of the molecule is CC=Cc1c(N)ccc2c1O[C@@H](COS(=O)(=O)c1ccc(C)cc1)CO2. The first-order valence-electron chi connectivity index (χ1n) is 8.21. The molecule has 2 N–H and O–H groups in total. The van der Waals surface area contributed by atoms with Crippen molar-refractivity contribution in [2.45, 2.75) is 24.8 Å². The number of rotatable bonds is 5. The van der Waals surface area contributed by atoms with E-state index in [1.54, 1.807) is 24.3 Å². The molecule has 0 radical (unpaired) electrons. The number of nitrogen functional groups attached to an aromatic ring is 1. The Labute approximate surface area is 153 Å². The highest BCUT2D eigenvalue weighted by atomic mass is 32.2. The van der Waals surface area contributed by atoms with E-state index >= 15 is 0 Å². The molecule has 26 heavy (non-hydrogen) atoms. The molecule has 1 aliphatic rings. The summed E-state index contributed by atoms with van der Waals surface area (Å²) >= 11 is 0. The second kappa shape index (κ2) is 7.39. The molecule has 0 spiro atoms. The lowest BCUT2D eigenvalue weighted by atomic mass is 10.1. The van der Waals surface area contributed by atoms with Crippen LogP contribution in [-0.4, -0.2) is 27.7 Å². The highest BCUT2D eigenvalue weighted by Gasteiger charge is 2.26. The summed E-state index contributed by atoms with van der Waals surface area (Å²) in [6, 6.07) is 9.96. The molecule has 2 aromatic rings. The quantitative estimate of drug-likeness (QED) is 0.638. The maximum Gasteiger partial charge on any atom is 0.297 e. The van der Waals surface area contributed by atoms with Gasteiger partial charge in [0.05, 0.1) is 4.90 Å². The molecule has 2 aromatic carbocycles. The highest BCUT2D eigenvalue weighted by molar-refractivity contribution is 7.86. The summed E-state index contributed by atoms with van der Waals surface area (Å²) in [6.07, 6.45) is 3.11. The largest absolute Gasteiger partial charge is 0.486 e. The number of hydrogen-bond donors (Lipinski definition) is 1. The van der Waals surface area contributed by atoms with E-state index < -0.39 is 16.2 Å². The minimum absolute atomic E-state index is 0.110. The smallest absolute Gasteiger partial charge is 0.297 e. The van der Waals surface area contributed by atoms with Crippen LogP contribution in [0.4, 0.5) is 5.69 Å². The molecule has 0 saturated carbocycles. The Morgan fingerprint density at radius 2 is 1.96 bits per heavy atom. The summed E-state index contributed by atoms with van der Waals surface area (Å²) < 4.78 is 41.3. The van der Waals surface area contributed by atoms with Crippen molar-refractivity contribution in [3.8, 4) is 11.5 Å². The Morgan fingerprint density at radius 1 is 1.23 bits per heavy atom. The Morgan fingerprint density at radius 3 is 2.65 bits per heavy atom. The fourth-order valence-corrected chi connectivity index (χ4v) is 3.51. The fourth-order valence-electron chi connectivity index (χ4n) is 2.57. The molecular formula is C19H21NO5S. The lowest BCUT2D eigenvalue weighted by Gasteiger charge is -2.28. The molecule has 0 unspecified atom stereocenters. The van der Waals surface area contributed by atoms with Gasteiger partial charge in [0, 0.05) is 11.3 Å². The molecule has 0 bridgehead atoms. The molecule has 0 fully saturated rings. The van der Waals surface area contributed by atoms with Gasteiger partial charge in [0.1, 0.15) is 13.2 Å². The van der Waals surface area contributed by atoms with Gasteiger partial charge in [0.2, 0.25) is 0 Å². The number of fused-ring (bicyclic) bond motifs is 1. The van der Waals surface area contributed by atoms with Crippen LogP contribution in [0.25, 0.3) is 6.08 Å². The van der Waals surface area contributed by atoms with E-state index in [0.29, 0.717) is 22.7 Å². The van der Waals surface area contributed by atoms with Gasteiger partial charge >= 0.3 is 0 Å². The number of allylic oxidation sites excluding steroid dienone is 1. The first-order chi connectivity index (χ1) is 12.4. The number of hydrogen-bond acceptors (Lipinski definition) is 6. The van der Waals surface area contributed by atoms with Gasteiger partial charge in [-0.1, -0.05) is 29.8 Å². The Balaban J connectivity index is 1.73. The molecule has 1 heterocycles. The fraction of sp³-hybridized carbons (Fsp3) is 0.263. The number of ether oxygens (including phenoxy) is 2. The van der Waals surface area contributed by atoms with E-state index in [1.165, 1.54) is 12.1 Å². The molecule has 0 aromatic heterocycles. The van der Waals surface area contributed by atoms with E-state index in [2.05, 4.69) is 0 Å². The third-order valence-electron chi connectivity index (χ3n) is 3.96. The maximum absolute atomic E-state index is 12.3. The molecular weight excluding hydrogens is 354 g/mol. The van der Waals surface area contributed by atoms with Crippen molar-refractivity contribution < 1.29 is 22.1 Å². The number of aryl methyl sites for hydroxylation is 1. The van der Waals surface area contributed by atoms with Gasteiger partial charge in [0.25, 0.3) is 10.1 Å². The molecule has 3 rings (SSSR count). The van der Waals surface area contributed by atoms with Crippen LogP contribution in [-0.2, 0) is 14.3 Å². The van der Waals surface area contributed by atoms with Crippen LogP contribution in [0.2, 0.25) is 0 Å². The van der Waals surface area contributed by atoms with E-state index in [-0.39, 0.29) is 18.1 Å². The highest BCUT2D eigenvalue weighted by Crippen LogP contribution is 2.39. The van der Waals surface area contributed by atoms with E-state index in [1.807, 2.05) is 26.0 Å². The lowest BCUT2D eigenvalue weighted by Crippen LogP contribution is -2.34. The van der Waals surface area contributed by atoms with E-state index in [9.17, 15) is 8.42 Å². The topological polar surface area (TPSA) is 87.9 Å². The van der Waals surface area contributed by atoms with Crippen LogP contribution in [0.15, 0.2) is 47.4 Å². The second-order valence-corrected chi connectivity index (χ2v) is 7.61. The van der Waals surface area contributed by atoms with Gasteiger partial charge in [-0.15, -0.1) is 0 Å². The van der Waals surface area contributed by atoms with Crippen molar-refractivity contribution in [1.29, 1.82) is 0 Å². The van der Waals surface area contributed by atoms with Crippen molar-refractivity contribution in [3.63, 3.8) is 0 Å². The van der Waals surface area contributed by atoms with Gasteiger partial charge in [-0.25, -0.2) is 0 Å². The second-order valence-electron chi connectivity index (χ2n) is 6.00. The summed E-state index contributed by atoms with van der Waals surface area (Å²) in [6.45, 7) is 3.79. The average Bonchev–Trinajstić information content (AvgIpc) is 2.63. The summed E-state index contributed by atoms with van der Waals surface area (Å²) in [5.41, 5.74) is 8.22. The average molecular weight is 375 g/mol. The van der Waals surface area contributed by atoms with Gasteiger partial charge in [-0.3, -0.25) is 4.18 Å². The van der Waals surface area contributed by atoms with E-state index in [4.69, 9.17) is 19.4 Å². The van der Waals surface area contributed by atoms with Crippen LogP contribution in [0.1, 0.15) is 18.1 Å². The number of benzene rings is 2. The number of anilines is 1. The Hall–Kier alpha value is -2.51. The van der Waals surface area contributed by atoms with Crippen LogP contribution in [0.5, 0.6) is 11.5 Å². The summed E-state index contributed by atoms with van der Waals surface area (Å²) in [5.74, 6) is 1.07. The van der Waals surface area contributed by atoms with Crippen LogP contribution < -0.4 is 15.2 Å². The zero-order chi connectivity index (χ0) is 18.7. The minimum atomic E-state index is -3.86. The molecule has 0 amide bonds. The predicted molar refractivity (Wildman–Crippen MR) is 99.8 cm³/mol. The summed E-state index contributed by atoms with van der Waals surface area (Å²) in [5, 5.41) is 0. The first-order valence-corrected chi connectivity index (χ1v) is 9.62. The predicted octanol–water partition coefficient (Wildman–Crippen LogP) is 3.16. The molecule has 0 aliphatic carbocycles. The number of nitrogens with two attached hydrogens (primary N) is 1. The Kier molecular flexibility index (Phi) is 5.20. The standard InChI is InChI=1S/C19H21NO5S/c1-3-4-16-17(20)9-10-18-19(16)25-14(11-23-18)12-24-26(21,22)15-7-5-13(2)6-8-15/h3-10,14H,11-12,20H2,1-2H3/t14-/m1/s1. The molecule has 138 valence electrons. The van der Waals surface area contributed by atoms with Crippen molar-refractivity contribution in [3.05, 3.63) is 53.6 Å². The molecule has 1 aliphatic heterocycles. The molecule has 0 saturated heterocycles. The van der Waals surface area contributed by atoms with Crippen molar-refractivity contribution >= 4 is 21.9 Å². The van der Waals surface area contributed by atoms with Crippen LogP contribution >= 0.6 is 0 Å². The van der Waals surface area contributed by atoms with Crippen LogP contribution in [0, 0.1) is 6.92 Å². The third-order valence-corrected chi connectivity index (χ3v) is 5.25. The van der Waals surface area contributed by atoms with E-state index in [0.717, 1.165) is 5.56 Å². The van der Waals surface area contributed by atoms with Crippen molar-refractivity contribution in [2.75, 3.05) is 18.9 Å². The summed E-state index contributed by atoms with van der Waals surface area (Å²) in [4.78, 5) is 0.110. The van der Waals surface area contributed by atoms with Gasteiger partial charge in [0.15, 0.2) is 17.6 Å². The molecule has 7 heteroatoms. The van der Waals surface area contributed by atoms with Crippen molar-refractivity contribution in [1.82, 2.24) is 0 Å². The normalized spacial score (nSPS) is 16.8. The zero-order valence-electron chi connectivity index (χ0n) is 14.6. The first kappa shape index (κ1) is 18.3. The van der Waals surface area contributed by atoms with Gasteiger partial charge < -0.3 is 15.2 Å². The molecule has 6 nitrogen and oxygen atoms in total. The van der Waals surface area contributed by atoms with Gasteiger partial charge in [-0.05, 0) is 38.1 Å². The summed E-state index contributed by atoms with van der Waals surface area (Å²) in [7, 11) is -3.86. The lowest BCUT2D eigenvalue weighted by molar-refractivity contribution is 0.0553. The van der Waals surface area contributed by atoms with Gasteiger partial charge in [-0.2, -0.15) is 8.42 Å².